The molecule has 172 valence electrons. The number of nitrogens with two attached hydrogens (primary N) is 1. The number of primary amides is 1. The minimum absolute atomic E-state index is 0.0839. The Balaban J connectivity index is 1.42. The van der Waals surface area contributed by atoms with Gasteiger partial charge in [-0.15, -0.1) is 5.10 Å². The molecule has 4 heterocycles. The number of amides is 2. The fraction of sp³-hybridized carbons (Fsp3) is 0.435. The monoisotopic (exact) mass is 449 g/mol. The lowest BCUT2D eigenvalue weighted by Crippen LogP contribution is -2.32. The molecule has 2 unspecified atom stereocenters. The first-order valence-corrected chi connectivity index (χ1v) is 11.2. The van der Waals surface area contributed by atoms with Crippen LogP contribution < -0.4 is 10.6 Å². The normalized spacial score (nSPS) is 20.6. The van der Waals surface area contributed by atoms with Gasteiger partial charge in [0.15, 0.2) is 0 Å². The molecule has 33 heavy (non-hydrogen) atoms. The highest BCUT2D eigenvalue weighted by Gasteiger charge is 2.35. The molecule has 1 aromatic carbocycles. The molecule has 2 aromatic heterocycles. The number of fused-ring (bicyclic) bond motifs is 1. The number of carbonyl (C=O) groups excluding carboxylic acids is 2. The molecule has 3 aromatic rings. The summed E-state index contributed by atoms with van der Waals surface area (Å²) < 4.78 is 8.98. The summed E-state index contributed by atoms with van der Waals surface area (Å²) in [4.78, 5) is 31.3. The molecular formula is C23H27N7O3. The molecule has 2 aliphatic rings. The summed E-state index contributed by atoms with van der Waals surface area (Å²) in [6, 6.07) is 11.7. The van der Waals surface area contributed by atoms with Crippen LogP contribution >= 0.6 is 0 Å². The first-order valence-electron chi connectivity index (χ1n) is 11.2. The van der Waals surface area contributed by atoms with Crippen LogP contribution in [0.3, 0.4) is 0 Å². The van der Waals surface area contributed by atoms with Crippen LogP contribution in [0, 0.1) is 5.92 Å². The highest BCUT2D eigenvalue weighted by Crippen LogP contribution is 2.31. The first kappa shape index (κ1) is 21.3. The summed E-state index contributed by atoms with van der Waals surface area (Å²) >= 11 is 0. The van der Waals surface area contributed by atoms with E-state index in [1.54, 1.807) is 16.6 Å². The number of hydrogen-bond donors (Lipinski definition) is 1. The first-order chi connectivity index (χ1) is 16.0. The van der Waals surface area contributed by atoms with E-state index in [0.29, 0.717) is 31.3 Å². The van der Waals surface area contributed by atoms with Crippen molar-refractivity contribution in [3.8, 4) is 0 Å². The summed E-state index contributed by atoms with van der Waals surface area (Å²) in [6.07, 6.45) is 2.38. The molecule has 10 nitrogen and oxygen atoms in total. The van der Waals surface area contributed by atoms with E-state index in [1.165, 1.54) is 0 Å². The van der Waals surface area contributed by atoms with E-state index < -0.39 is 11.8 Å². The lowest BCUT2D eigenvalue weighted by atomic mass is 10.0. The molecule has 10 heteroatoms. The summed E-state index contributed by atoms with van der Waals surface area (Å²) in [5, 5.41) is 9.07. The zero-order valence-corrected chi connectivity index (χ0v) is 18.6. The molecule has 2 amide bonds. The molecule has 2 N–H and O–H groups in total. The second-order valence-electron chi connectivity index (χ2n) is 8.69. The Morgan fingerprint density at radius 3 is 2.76 bits per heavy atom. The topological polar surface area (TPSA) is 121 Å². The molecule has 5 rings (SSSR count). The van der Waals surface area contributed by atoms with Crippen molar-refractivity contribution < 1.29 is 14.3 Å². The molecule has 0 bridgehead atoms. The number of rotatable bonds is 6. The Morgan fingerprint density at radius 2 is 2.03 bits per heavy atom. The van der Waals surface area contributed by atoms with E-state index >= 15 is 0 Å². The number of aryl methyl sites for hydroxylation is 1. The second-order valence-corrected chi connectivity index (χ2v) is 8.69. The third-order valence-electron chi connectivity index (χ3n) is 6.34. The summed E-state index contributed by atoms with van der Waals surface area (Å²) in [7, 11) is 1.75. The standard InChI is InChI=1S/C23H27N7O3/c1-28-19-12-17(11-16-8-10-33-14-16)26-29(19)9-7-18(23(28)32)22-25-21(20(24)31)27-30(22)13-15-5-3-2-4-6-15/h2-6,12,16,18H,7-11,13-14H2,1H3,(H2,24,31). The van der Waals surface area contributed by atoms with Crippen LogP contribution in [-0.2, 0) is 29.0 Å². The van der Waals surface area contributed by atoms with Crippen molar-refractivity contribution >= 4 is 17.6 Å². The van der Waals surface area contributed by atoms with Gasteiger partial charge in [-0.3, -0.25) is 14.5 Å². The van der Waals surface area contributed by atoms with Gasteiger partial charge in [-0.1, -0.05) is 30.3 Å². The lowest BCUT2D eigenvalue weighted by molar-refractivity contribution is -0.120. The summed E-state index contributed by atoms with van der Waals surface area (Å²) in [5.41, 5.74) is 7.41. The van der Waals surface area contributed by atoms with E-state index in [9.17, 15) is 9.59 Å². The van der Waals surface area contributed by atoms with E-state index in [4.69, 9.17) is 15.6 Å². The van der Waals surface area contributed by atoms with E-state index in [-0.39, 0.29) is 11.7 Å². The van der Waals surface area contributed by atoms with Crippen molar-refractivity contribution in [2.45, 2.75) is 38.3 Å². The average molecular weight is 450 g/mol. The Morgan fingerprint density at radius 1 is 1.21 bits per heavy atom. The molecule has 1 saturated heterocycles. The number of carbonyl (C=O) groups is 2. The average Bonchev–Trinajstić information content (AvgIpc) is 3.54. The van der Waals surface area contributed by atoms with Gasteiger partial charge in [0.05, 0.1) is 18.2 Å². The molecule has 0 radical (unpaired) electrons. The van der Waals surface area contributed by atoms with Crippen LogP contribution in [0.4, 0.5) is 5.82 Å². The largest absolute Gasteiger partial charge is 0.381 e. The SMILES string of the molecule is CN1C(=O)C(c2nc(C(N)=O)nn2Cc2ccccc2)CCn2nc(CC3CCOC3)cc21. The van der Waals surface area contributed by atoms with Gasteiger partial charge in [-0.25, -0.2) is 14.3 Å². The highest BCUT2D eigenvalue weighted by atomic mass is 16.5. The Bertz CT molecular complexity index is 1160. The van der Waals surface area contributed by atoms with Gasteiger partial charge in [-0.05, 0) is 30.7 Å². The van der Waals surface area contributed by atoms with Crippen LogP contribution in [0.15, 0.2) is 36.4 Å². The molecule has 2 aliphatic heterocycles. The van der Waals surface area contributed by atoms with Crippen molar-refractivity contribution in [2.24, 2.45) is 11.7 Å². The minimum Gasteiger partial charge on any atom is -0.381 e. The third-order valence-corrected chi connectivity index (χ3v) is 6.34. The van der Waals surface area contributed by atoms with Crippen molar-refractivity contribution in [1.82, 2.24) is 24.5 Å². The van der Waals surface area contributed by atoms with E-state index in [1.807, 2.05) is 41.1 Å². The number of nitrogens with zero attached hydrogens (tertiary/aromatic N) is 6. The van der Waals surface area contributed by atoms with Crippen LogP contribution in [0.2, 0.25) is 0 Å². The van der Waals surface area contributed by atoms with Crippen molar-refractivity contribution in [3.63, 3.8) is 0 Å². The predicted octanol–water partition coefficient (Wildman–Crippen LogP) is 1.35. The lowest BCUT2D eigenvalue weighted by Gasteiger charge is -2.19. The Kier molecular flexibility index (Phi) is 5.67. The third kappa shape index (κ3) is 4.25. The van der Waals surface area contributed by atoms with Crippen LogP contribution in [-0.4, -0.2) is 56.6 Å². The summed E-state index contributed by atoms with van der Waals surface area (Å²) in [6.45, 7) is 2.51. The zero-order chi connectivity index (χ0) is 22.9. The number of aromatic nitrogens is 5. The number of benzene rings is 1. The van der Waals surface area contributed by atoms with E-state index in [0.717, 1.165) is 43.1 Å². The smallest absolute Gasteiger partial charge is 0.288 e. The molecule has 1 fully saturated rings. The second kappa shape index (κ2) is 8.78. The number of hydrogen-bond acceptors (Lipinski definition) is 6. The maximum atomic E-state index is 13.5. The minimum atomic E-state index is -0.717. The Hall–Kier alpha value is -3.53. The molecule has 0 saturated carbocycles. The maximum absolute atomic E-state index is 13.5. The van der Waals surface area contributed by atoms with E-state index in [2.05, 4.69) is 10.1 Å². The van der Waals surface area contributed by atoms with Gasteiger partial charge in [0.25, 0.3) is 5.91 Å². The van der Waals surface area contributed by atoms with Gasteiger partial charge in [-0.2, -0.15) is 5.10 Å². The van der Waals surface area contributed by atoms with Crippen molar-refractivity contribution in [2.75, 3.05) is 25.2 Å². The van der Waals surface area contributed by atoms with Crippen LogP contribution in [0.5, 0.6) is 0 Å². The van der Waals surface area contributed by atoms with Crippen molar-refractivity contribution in [3.05, 3.63) is 59.3 Å². The maximum Gasteiger partial charge on any atom is 0.288 e. The number of ether oxygens (including phenoxy) is 1. The Labute approximate surface area is 191 Å². The highest BCUT2D eigenvalue weighted by molar-refractivity contribution is 5.97. The summed E-state index contributed by atoms with van der Waals surface area (Å²) in [5.74, 6) is 0.209. The van der Waals surface area contributed by atoms with Gasteiger partial charge in [0.1, 0.15) is 11.6 Å². The van der Waals surface area contributed by atoms with Crippen LogP contribution in [0.25, 0.3) is 0 Å². The van der Waals surface area contributed by atoms with Gasteiger partial charge < -0.3 is 10.5 Å². The van der Waals surface area contributed by atoms with Crippen molar-refractivity contribution in [1.29, 1.82) is 0 Å². The molecular weight excluding hydrogens is 422 g/mol. The fourth-order valence-corrected chi connectivity index (χ4v) is 4.58. The van der Waals surface area contributed by atoms with Gasteiger partial charge in [0.2, 0.25) is 11.7 Å². The zero-order valence-electron chi connectivity index (χ0n) is 18.6. The predicted molar refractivity (Wildman–Crippen MR) is 120 cm³/mol. The van der Waals surface area contributed by atoms with Gasteiger partial charge >= 0.3 is 0 Å². The molecule has 2 atom stereocenters. The molecule has 0 spiro atoms. The molecule has 0 aliphatic carbocycles. The fourth-order valence-electron chi connectivity index (χ4n) is 4.58. The number of anilines is 1. The van der Waals surface area contributed by atoms with Gasteiger partial charge in [0, 0.05) is 32.9 Å². The van der Waals surface area contributed by atoms with Crippen LogP contribution in [0.1, 0.15) is 46.5 Å². The quantitative estimate of drug-likeness (QED) is 0.606. The number of likely N-dealkylation sites (N-methyl/N-ethyl adjacent to an activating group) is 1.